The van der Waals surface area contributed by atoms with E-state index in [1.165, 1.54) is 0 Å². The number of benzene rings is 1. The van der Waals surface area contributed by atoms with Crippen molar-refractivity contribution >= 4 is 16.9 Å². The zero-order chi connectivity index (χ0) is 11.8. The lowest BCUT2D eigenvalue weighted by atomic mass is 10.3. The maximum atomic E-state index is 12.3. The normalized spacial score (nSPS) is 10.9. The number of fused-ring (bicyclic) bond motifs is 1. The quantitative estimate of drug-likeness (QED) is 0.636. The average Bonchev–Trinajstić information content (AvgIpc) is 2.94. The predicted octanol–water partition coefficient (Wildman–Crippen LogP) is 2.06. The van der Waals surface area contributed by atoms with Crippen LogP contribution in [0.1, 0.15) is 10.5 Å². The molecule has 0 aliphatic rings. The summed E-state index contributed by atoms with van der Waals surface area (Å²) >= 11 is 0. The molecule has 0 unspecified atom stereocenters. The van der Waals surface area contributed by atoms with Gasteiger partial charge in [-0.1, -0.05) is 12.1 Å². The highest BCUT2D eigenvalue weighted by atomic mass is 16.2. The molecule has 2 aromatic heterocycles. The van der Waals surface area contributed by atoms with Gasteiger partial charge >= 0.3 is 0 Å². The van der Waals surface area contributed by atoms with Gasteiger partial charge in [-0.2, -0.15) is 0 Å². The van der Waals surface area contributed by atoms with Gasteiger partial charge in [0.05, 0.1) is 11.0 Å². The Morgan fingerprint density at radius 1 is 1.18 bits per heavy atom. The minimum atomic E-state index is -0.0637. The lowest BCUT2D eigenvalue weighted by Gasteiger charge is -2.03. The van der Waals surface area contributed by atoms with Crippen LogP contribution >= 0.6 is 0 Å². The third kappa shape index (κ3) is 1.45. The van der Waals surface area contributed by atoms with E-state index >= 15 is 0 Å². The average molecular weight is 225 g/mol. The van der Waals surface area contributed by atoms with E-state index in [0.717, 1.165) is 11.0 Å². The Morgan fingerprint density at radius 2 is 2.00 bits per heavy atom. The molecule has 0 fully saturated rings. The van der Waals surface area contributed by atoms with E-state index in [4.69, 9.17) is 0 Å². The highest BCUT2D eigenvalue weighted by molar-refractivity contribution is 5.99. The van der Waals surface area contributed by atoms with Crippen LogP contribution in [0, 0.1) is 0 Å². The van der Waals surface area contributed by atoms with Crippen LogP contribution in [-0.4, -0.2) is 20.0 Å². The lowest BCUT2D eigenvalue weighted by Crippen LogP contribution is -2.14. The topological polar surface area (TPSA) is 39.8 Å². The van der Waals surface area contributed by atoms with Gasteiger partial charge in [0.25, 0.3) is 5.91 Å². The molecule has 3 rings (SSSR count). The highest BCUT2D eigenvalue weighted by Gasteiger charge is 2.13. The molecule has 0 saturated heterocycles. The predicted molar refractivity (Wildman–Crippen MR) is 64.9 cm³/mol. The Hall–Kier alpha value is -2.36. The van der Waals surface area contributed by atoms with E-state index in [2.05, 4.69) is 4.98 Å². The molecule has 0 bridgehead atoms. The van der Waals surface area contributed by atoms with E-state index < -0.39 is 0 Å². The van der Waals surface area contributed by atoms with E-state index in [0.29, 0.717) is 5.69 Å². The monoisotopic (exact) mass is 225 g/mol. The lowest BCUT2D eigenvalue weighted by molar-refractivity contribution is 0.0956. The molecular formula is C13H11N3O. The molecule has 0 radical (unpaired) electrons. The standard InChI is InChI=1S/C13H11N3O/c1-15-8-4-7-12(15)13(17)16-9-14-10-5-2-3-6-11(10)16/h2-9H,1H3. The smallest absolute Gasteiger partial charge is 0.280 e. The van der Waals surface area contributed by atoms with Gasteiger partial charge in [0, 0.05) is 13.2 Å². The second kappa shape index (κ2) is 3.59. The molecule has 17 heavy (non-hydrogen) atoms. The zero-order valence-corrected chi connectivity index (χ0v) is 9.37. The van der Waals surface area contributed by atoms with Gasteiger partial charge in [0.15, 0.2) is 0 Å². The molecule has 1 aromatic carbocycles. The molecule has 0 N–H and O–H groups in total. The zero-order valence-electron chi connectivity index (χ0n) is 9.37. The SMILES string of the molecule is Cn1cccc1C(=O)n1cnc2ccccc21. The van der Waals surface area contributed by atoms with Crippen molar-refractivity contribution < 1.29 is 4.79 Å². The van der Waals surface area contributed by atoms with Crippen LogP contribution in [0.25, 0.3) is 11.0 Å². The number of hydrogen-bond donors (Lipinski definition) is 0. The van der Waals surface area contributed by atoms with Gasteiger partial charge in [-0.05, 0) is 24.3 Å². The van der Waals surface area contributed by atoms with Gasteiger partial charge in [0.2, 0.25) is 0 Å². The van der Waals surface area contributed by atoms with Crippen LogP contribution < -0.4 is 0 Å². The number of aromatic nitrogens is 3. The Morgan fingerprint density at radius 3 is 2.76 bits per heavy atom. The van der Waals surface area contributed by atoms with E-state index in [1.54, 1.807) is 21.5 Å². The largest absolute Gasteiger partial charge is 0.347 e. The van der Waals surface area contributed by atoms with Crippen LogP contribution in [0.15, 0.2) is 48.9 Å². The Balaban J connectivity index is 2.17. The van der Waals surface area contributed by atoms with Gasteiger partial charge in [-0.15, -0.1) is 0 Å². The van der Waals surface area contributed by atoms with Crippen molar-refractivity contribution in [2.45, 2.75) is 0 Å². The second-order valence-electron chi connectivity index (χ2n) is 3.91. The van der Waals surface area contributed by atoms with E-state index in [9.17, 15) is 4.79 Å². The maximum absolute atomic E-state index is 12.3. The molecule has 2 heterocycles. The van der Waals surface area contributed by atoms with Crippen molar-refractivity contribution in [1.82, 2.24) is 14.1 Å². The van der Waals surface area contributed by atoms with Crippen LogP contribution in [0.2, 0.25) is 0 Å². The summed E-state index contributed by atoms with van der Waals surface area (Å²) in [6.45, 7) is 0. The molecule has 0 atom stereocenters. The molecule has 0 aliphatic carbocycles. The third-order valence-electron chi connectivity index (χ3n) is 2.84. The summed E-state index contributed by atoms with van der Waals surface area (Å²) in [4.78, 5) is 16.5. The first-order chi connectivity index (χ1) is 8.27. The Kier molecular flexibility index (Phi) is 2.08. The molecule has 0 amide bonds. The van der Waals surface area contributed by atoms with Gasteiger partial charge in [-0.3, -0.25) is 9.36 Å². The van der Waals surface area contributed by atoms with Crippen molar-refractivity contribution in [3.63, 3.8) is 0 Å². The number of hydrogen-bond acceptors (Lipinski definition) is 2. The van der Waals surface area contributed by atoms with Crippen molar-refractivity contribution in [2.24, 2.45) is 7.05 Å². The van der Waals surface area contributed by atoms with Gasteiger partial charge in [-0.25, -0.2) is 4.98 Å². The fourth-order valence-corrected chi connectivity index (χ4v) is 1.93. The molecule has 3 aromatic rings. The highest BCUT2D eigenvalue weighted by Crippen LogP contribution is 2.14. The number of imidazole rings is 1. The molecule has 84 valence electrons. The fourth-order valence-electron chi connectivity index (χ4n) is 1.93. The summed E-state index contributed by atoms with van der Waals surface area (Å²) < 4.78 is 3.38. The number of carbonyl (C=O) groups is 1. The van der Waals surface area contributed by atoms with E-state index in [1.807, 2.05) is 43.6 Å². The van der Waals surface area contributed by atoms with Crippen molar-refractivity contribution in [1.29, 1.82) is 0 Å². The van der Waals surface area contributed by atoms with Gasteiger partial charge in [0.1, 0.15) is 12.0 Å². The minimum absolute atomic E-state index is 0.0637. The first-order valence-corrected chi connectivity index (χ1v) is 5.35. The summed E-state index contributed by atoms with van der Waals surface area (Å²) in [5, 5.41) is 0. The van der Waals surface area contributed by atoms with Crippen LogP contribution in [0.5, 0.6) is 0 Å². The van der Waals surface area contributed by atoms with Crippen LogP contribution in [0.4, 0.5) is 0 Å². The number of nitrogens with zero attached hydrogens (tertiary/aromatic N) is 3. The summed E-state index contributed by atoms with van der Waals surface area (Å²) in [7, 11) is 1.85. The van der Waals surface area contributed by atoms with E-state index in [-0.39, 0.29) is 5.91 Å². The molecule has 0 aliphatic heterocycles. The number of aryl methyl sites for hydroxylation is 1. The van der Waals surface area contributed by atoms with Crippen LogP contribution in [-0.2, 0) is 7.05 Å². The molecule has 0 spiro atoms. The van der Waals surface area contributed by atoms with Gasteiger partial charge < -0.3 is 4.57 Å². The minimum Gasteiger partial charge on any atom is -0.347 e. The van der Waals surface area contributed by atoms with Crippen molar-refractivity contribution in [3.8, 4) is 0 Å². The molecule has 4 nitrogen and oxygen atoms in total. The Labute approximate surface area is 98.1 Å². The van der Waals surface area contributed by atoms with Crippen molar-refractivity contribution in [2.75, 3.05) is 0 Å². The first kappa shape index (κ1) is 9.84. The number of carbonyl (C=O) groups excluding carboxylic acids is 1. The summed E-state index contributed by atoms with van der Waals surface area (Å²) in [5.74, 6) is -0.0637. The summed E-state index contributed by atoms with van der Waals surface area (Å²) in [5.41, 5.74) is 2.31. The number of para-hydroxylation sites is 2. The summed E-state index contributed by atoms with van der Waals surface area (Å²) in [6.07, 6.45) is 3.42. The third-order valence-corrected chi connectivity index (χ3v) is 2.84. The Bertz CT molecular complexity index is 693. The van der Waals surface area contributed by atoms with Crippen molar-refractivity contribution in [3.05, 3.63) is 54.6 Å². The maximum Gasteiger partial charge on any atom is 0.280 e. The molecule has 0 saturated carbocycles. The second-order valence-corrected chi connectivity index (χ2v) is 3.91. The molecular weight excluding hydrogens is 214 g/mol. The fraction of sp³-hybridized carbons (Fsp3) is 0.0769. The van der Waals surface area contributed by atoms with Crippen LogP contribution in [0.3, 0.4) is 0 Å². The number of rotatable bonds is 1. The summed E-state index contributed by atoms with van der Waals surface area (Å²) in [6, 6.07) is 11.3. The first-order valence-electron chi connectivity index (χ1n) is 5.35. The molecule has 4 heteroatoms.